The van der Waals surface area contributed by atoms with E-state index < -0.39 is 19.9 Å². The lowest BCUT2D eigenvalue weighted by atomic mass is 9.77. The fourth-order valence-corrected chi connectivity index (χ4v) is 14.1. The van der Waals surface area contributed by atoms with Crippen LogP contribution in [0, 0.1) is 0 Å². The molecular formula is C54H50N4O2SSi. The number of benzene rings is 7. The van der Waals surface area contributed by atoms with E-state index >= 15 is 0 Å². The Morgan fingerprint density at radius 3 is 1.77 bits per heavy atom. The normalized spacial score (nSPS) is 14.5. The minimum atomic E-state index is -2.87. The molecule has 6 nitrogen and oxygen atoms in total. The highest BCUT2D eigenvalue weighted by atomic mass is 32.1. The Balaban J connectivity index is 0.974. The minimum absolute atomic E-state index is 0.0000602. The molecule has 0 spiro atoms. The molecule has 62 heavy (non-hydrogen) atoms. The van der Waals surface area contributed by atoms with Crippen molar-refractivity contribution >= 4 is 58.3 Å². The lowest BCUT2D eigenvalue weighted by Crippen LogP contribution is -2.68. The fourth-order valence-electron chi connectivity index (χ4n) is 9.45. The van der Waals surface area contributed by atoms with Crippen molar-refractivity contribution in [2.24, 2.45) is 0 Å². The van der Waals surface area contributed by atoms with E-state index in [-0.39, 0.29) is 10.9 Å². The van der Waals surface area contributed by atoms with E-state index in [0.29, 0.717) is 24.4 Å². The zero-order chi connectivity index (χ0) is 42.7. The molecule has 0 unspecified atom stereocenters. The Kier molecular flexibility index (Phi) is 11.2. The molecule has 0 aliphatic carbocycles. The molecule has 9 rings (SSSR count). The molecule has 1 aliphatic heterocycles. The van der Waals surface area contributed by atoms with Crippen LogP contribution in [0.1, 0.15) is 49.6 Å². The number of imidazole rings is 1. The summed E-state index contributed by atoms with van der Waals surface area (Å²) < 4.78 is 9.61. The lowest BCUT2D eigenvalue weighted by molar-refractivity contribution is -0.118. The van der Waals surface area contributed by atoms with Crippen molar-refractivity contribution in [3.8, 4) is 5.75 Å². The van der Waals surface area contributed by atoms with Crippen LogP contribution in [-0.2, 0) is 16.8 Å². The highest BCUT2D eigenvalue weighted by molar-refractivity contribution is 7.80. The van der Waals surface area contributed by atoms with Crippen LogP contribution >= 0.6 is 12.2 Å². The van der Waals surface area contributed by atoms with E-state index in [9.17, 15) is 4.79 Å². The predicted molar refractivity (Wildman–Crippen MR) is 259 cm³/mol. The number of rotatable bonds is 12. The zero-order valence-corrected chi connectivity index (χ0v) is 37.1. The average molecular weight is 847 g/mol. The monoisotopic (exact) mass is 846 g/mol. The summed E-state index contributed by atoms with van der Waals surface area (Å²) in [4.78, 5) is 21.7. The third-order valence-electron chi connectivity index (χ3n) is 12.3. The number of amides is 1. The molecule has 8 heteroatoms. The molecule has 1 atom stereocenters. The Bertz CT molecular complexity index is 2680. The molecule has 2 heterocycles. The van der Waals surface area contributed by atoms with Crippen molar-refractivity contribution in [3.63, 3.8) is 0 Å². The van der Waals surface area contributed by atoms with E-state index in [2.05, 4.69) is 195 Å². The third-order valence-corrected chi connectivity index (χ3v) is 17.5. The molecule has 7 aromatic carbocycles. The molecule has 1 fully saturated rings. The first-order chi connectivity index (χ1) is 30.2. The summed E-state index contributed by atoms with van der Waals surface area (Å²) in [5.41, 5.74) is 4.37. The topological polar surface area (TPSA) is 59.4 Å². The molecule has 0 bridgehead atoms. The second-order valence-corrected chi connectivity index (χ2v) is 21.8. The van der Waals surface area contributed by atoms with Crippen molar-refractivity contribution < 1.29 is 9.22 Å². The predicted octanol–water partition coefficient (Wildman–Crippen LogP) is 10.1. The fraction of sp³-hybridized carbons (Fsp3) is 0.167. The quantitative estimate of drug-likeness (QED) is 0.0754. The summed E-state index contributed by atoms with van der Waals surface area (Å²) in [5, 5.41) is 7.68. The highest BCUT2D eigenvalue weighted by Gasteiger charge is 2.52. The van der Waals surface area contributed by atoms with Crippen LogP contribution in [0.15, 0.2) is 201 Å². The van der Waals surface area contributed by atoms with Crippen molar-refractivity contribution in [3.05, 3.63) is 223 Å². The van der Waals surface area contributed by atoms with Gasteiger partial charge in [-0.1, -0.05) is 203 Å². The van der Waals surface area contributed by atoms with Crippen LogP contribution in [0.5, 0.6) is 5.75 Å². The van der Waals surface area contributed by atoms with Crippen molar-refractivity contribution in [1.29, 1.82) is 0 Å². The summed E-state index contributed by atoms with van der Waals surface area (Å²) in [5.74, 6) is 0.789. The van der Waals surface area contributed by atoms with Crippen LogP contribution in [0.2, 0.25) is 5.04 Å². The van der Waals surface area contributed by atoms with Crippen molar-refractivity contribution in [2.45, 2.75) is 50.2 Å². The number of carbonyl (C=O) groups excluding carboxylic acids is 1. The molecule has 8 aromatic rings. The zero-order valence-electron chi connectivity index (χ0n) is 35.3. The number of anilines is 1. The number of thiocarbonyl (C=S) groups is 1. The number of hydrogen-bond acceptors (Lipinski definition) is 4. The lowest BCUT2D eigenvalue weighted by Gasteiger charge is -2.43. The third kappa shape index (κ3) is 7.43. The molecule has 1 aromatic heterocycles. The second-order valence-electron chi connectivity index (χ2n) is 17.1. The van der Waals surface area contributed by atoms with Crippen molar-refractivity contribution in [1.82, 2.24) is 14.9 Å². The number of fused-ring (bicyclic) bond motifs is 1. The second kappa shape index (κ2) is 17.0. The van der Waals surface area contributed by atoms with Gasteiger partial charge in [-0.25, -0.2) is 4.98 Å². The van der Waals surface area contributed by atoms with Crippen LogP contribution < -0.4 is 25.0 Å². The maximum absolute atomic E-state index is 14.3. The van der Waals surface area contributed by atoms with Gasteiger partial charge in [0.1, 0.15) is 17.3 Å². The van der Waals surface area contributed by atoms with E-state index in [4.69, 9.17) is 21.6 Å². The molecule has 0 radical (unpaired) electrons. The Morgan fingerprint density at radius 1 is 0.710 bits per heavy atom. The molecule has 308 valence electrons. The van der Waals surface area contributed by atoms with Gasteiger partial charge in [0.15, 0.2) is 0 Å². The summed E-state index contributed by atoms with van der Waals surface area (Å²) in [7, 11) is -2.87. The first-order valence-corrected chi connectivity index (χ1v) is 23.6. The van der Waals surface area contributed by atoms with E-state index in [1.807, 2.05) is 41.6 Å². The summed E-state index contributed by atoms with van der Waals surface area (Å²) in [6.07, 6.45) is 5.02. The molecule has 1 amide bonds. The first kappa shape index (κ1) is 40.8. The number of hydrogen-bond donors (Lipinski definition) is 1. The first-order valence-electron chi connectivity index (χ1n) is 21.3. The summed E-state index contributed by atoms with van der Waals surface area (Å²) >= 11 is 5.98. The summed E-state index contributed by atoms with van der Waals surface area (Å²) in [6.45, 7) is 7.42. The van der Waals surface area contributed by atoms with E-state index in [0.717, 1.165) is 44.6 Å². The van der Waals surface area contributed by atoms with Gasteiger partial charge in [-0.05, 0) is 62.1 Å². The highest BCUT2D eigenvalue weighted by Crippen LogP contribution is 2.42. The number of nitrogens with one attached hydrogen (secondary N) is 1. The molecule has 1 saturated heterocycles. The standard InChI is InChI=1S/C54H50N4O2SSi/c1-53(2,3)62(46-27-15-7-16-28-46,47-29-17-8-18-30-47)60-45-33-32-40-20-19-31-50(48(40)37-45)58-35-34-49(52(58)59)56-51(61)36-44-38-57(39-55-44)54(41-21-9-4-10-22-41,42-23-11-5-12-24-42)43-25-13-6-14-26-43/h4-33,37-39,49H,34-36H2,1-3H3,(H,56,61)/t49-/m0/s1. The molecule has 1 aliphatic rings. The van der Waals surface area contributed by atoms with Gasteiger partial charge in [0.25, 0.3) is 0 Å². The molecule has 0 saturated carbocycles. The Hall–Kier alpha value is -6.61. The number of aromatic nitrogens is 2. The maximum Gasteiger partial charge on any atom is 0.319 e. The van der Waals surface area contributed by atoms with Crippen LogP contribution in [0.3, 0.4) is 0 Å². The van der Waals surface area contributed by atoms with Gasteiger partial charge in [-0.2, -0.15) is 0 Å². The van der Waals surface area contributed by atoms with Crippen LogP contribution in [-0.4, -0.2) is 41.4 Å². The van der Waals surface area contributed by atoms with Gasteiger partial charge in [-0.3, -0.25) is 4.79 Å². The van der Waals surface area contributed by atoms with Crippen molar-refractivity contribution in [2.75, 3.05) is 11.4 Å². The van der Waals surface area contributed by atoms with Gasteiger partial charge < -0.3 is 19.2 Å². The van der Waals surface area contributed by atoms with E-state index in [1.54, 1.807) is 0 Å². The number of nitrogens with zero attached hydrogens (tertiary/aromatic N) is 3. The van der Waals surface area contributed by atoms with Crippen LogP contribution in [0.25, 0.3) is 10.8 Å². The Morgan fingerprint density at radius 2 is 1.24 bits per heavy atom. The van der Waals surface area contributed by atoms with Gasteiger partial charge in [0, 0.05) is 24.5 Å². The number of carbonyl (C=O) groups is 1. The SMILES string of the molecule is CC(C)(C)[Si](Oc1ccc2cccc(N3CC[C@H](NC(=S)Cc4cn(C(c5ccccc5)(c5ccccc5)c5ccccc5)cn4)C3=O)c2c1)(c1ccccc1)c1ccccc1. The van der Waals surface area contributed by atoms with Gasteiger partial charge in [0.2, 0.25) is 5.91 Å². The van der Waals surface area contributed by atoms with Gasteiger partial charge in [-0.15, -0.1) is 0 Å². The largest absolute Gasteiger partial charge is 0.534 e. The smallest absolute Gasteiger partial charge is 0.319 e. The van der Waals surface area contributed by atoms with E-state index in [1.165, 1.54) is 10.4 Å². The average Bonchev–Trinajstić information content (AvgIpc) is 3.92. The summed E-state index contributed by atoms with van der Waals surface area (Å²) in [6, 6.07) is 65.0. The maximum atomic E-state index is 14.3. The minimum Gasteiger partial charge on any atom is -0.534 e. The molecular weight excluding hydrogens is 797 g/mol. The van der Waals surface area contributed by atoms with Gasteiger partial charge >= 0.3 is 8.32 Å². The van der Waals surface area contributed by atoms with Gasteiger partial charge in [0.05, 0.1) is 22.7 Å². The molecule has 1 N–H and O–H groups in total. The van der Waals surface area contributed by atoms with Crippen LogP contribution in [0.4, 0.5) is 5.69 Å². The Labute approximate surface area is 371 Å².